The zero-order valence-electron chi connectivity index (χ0n) is 10.8. The number of nitrogens with one attached hydrogen (secondary N) is 1. The molecule has 1 fully saturated rings. The number of carboxylic acid groups (broad SMARTS) is 1. The molecule has 0 aliphatic carbocycles. The van der Waals surface area contributed by atoms with Crippen molar-refractivity contribution in [2.24, 2.45) is 0 Å². The Morgan fingerprint density at radius 3 is 2.62 bits per heavy atom. The molecule has 2 N–H and O–H groups in total. The zero-order valence-corrected chi connectivity index (χ0v) is 11.6. The molecule has 2 heterocycles. The van der Waals surface area contributed by atoms with Gasteiger partial charge in [-0.2, -0.15) is 5.10 Å². The van der Waals surface area contributed by atoms with Crippen molar-refractivity contribution in [1.82, 2.24) is 10.2 Å². The summed E-state index contributed by atoms with van der Waals surface area (Å²) < 4.78 is 30.0. The van der Waals surface area contributed by atoms with Crippen molar-refractivity contribution in [3.05, 3.63) is 36.0 Å². The minimum Gasteiger partial charge on any atom is -0.477 e. The fourth-order valence-corrected chi connectivity index (χ4v) is 3.73. The molecule has 1 aliphatic heterocycles. The van der Waals surface area contributed by atoms with Gasteiger partial charge in [0.25, 0.3) is 0 Å². The van der Waals surface area contributed by atoms with Crippen LogP contribution in [0.1, 0.15) is 10.5 Å². The number of H-pyrrole nitrogens is 1. The molecule has 0 radical (unpaired) electrons. The van der Waals surface area contributed by atoms with Crippen molar-refractivity contribution < 1.29 is 23.1 Å². The van der Waals surface area contributed by atoms with Gasteiger partial charge < -0.3 is 9.84 Å². The average Bonchev–Trinajstić information content (AvgIpc) is 2.85. The number of ether oxygens (including phenoxy) is 1. The second kappa shape index (κ2) is 4.97. The van der Waals surface area contributed by atoms with E-state index in [0.717, 1.165) is 0 Å². The summed E-state index contributed by atoms with van der Waals surface area (Å²) in [5.74, 6) is -1.15. The van der Waals surface area contributed by atoms with Crippen LogP contribution in [0.25, 0.3) is 11.3 Å². The number of sulfone groups is 1. The Labute approximate surface area is 120 Å². The molecule has 110 valence electrons. The third kappa shape index (κ3) is 2.32. The summed E-state index contributed by atoms with van der Waals surface area (Å²) >= 11 is 0. The van der Waals surface area contributed by atoms with Crippen LogP contribution in [0.4, 0.5) is 0 Å². The summed E-state index contributed by atoms with van der Waals surface area (Å²) in [6.07, 6.45) is 0. The van der Waals surface area contributed by atoms with E-state index in [1.807, 2.05) is 0 Å². The number of aromatic carboxylic acids is 1. The van der Waals surface area contributed by atoms with Crippen molar-refractivity contribution in [2.45, 2.75) is 10.1 Å². The maximum absolute atomic E-state index is 12.5. The maximum Gasteiger partial charge on any atom is 0.353 e. The molecule has 0 bridgehead atoms. The lowest BCUT2D eigenvalue weighted by Crippen LogP contribution is -2.40. The van der Waals surface area contributed by atoms with E-state index in [4.69, 9.17) is 9.84 Å². The van der Waals surface area contributed by atoms with Crippen LogP contribution in [0, 0.1) is 0 Å². The van der Waals surface area contributed by atoms with Crippen molar-refractivity contribution in [3.63, 3.8) is 0 Å². The lowest BCUT2D eigenvalue weighted by atomic mass is 10.1. The number of nitrogens with zero attached hydrogens (tertiary/aromatic N) is 1. The van der Waals surface area contributed by atoms with Gasteiger partial charge in [-0.15, -0.1) is 0 Å². The van der Waals surface area contributed by atoms with E-state index in [1.165, 1.54) is 12.1 Å². The van der Waals surface area contributed by atoms with E-state index < -0.39 is 21.1 Å². The van der Waals surface area contributed by atoms with E-state index in [0.29, 0.717) is 5.56 Å². The van der Waals surface area contributed by atoms with E-state index in [-0.39, 0.29) is 29.5 Å². The first-order valence-corrected chi connectivity index (χ1v) is 7.74. The largest absolute Gasteiger partial charge is 0.477 e. The van der Waals surface area contributed by atoms with Crippen LogP contribution in [-0.2, 0) is 14.6 Å². The highest BCUT2D eigenvalue weighted by Gasteiger charge is 2.35. The first-order valence-electron chi connectivity index (χ1n) is 6.20. The van der Waals surface area contributed by atoms with E-state index >= 15 is 0 Å². The molecule has 0 saturated carbocycles. The summed E-state index contributed by atoms with van der Waals surface area (Å²) in [5.41, 5.74) is 0.573. The van der Waals surface area contributed by atoms with Crippen molar-refractivity contribution in [2.75, 3.05) is 13.2 Å². The predicted octanol–water partition coefficient (Wildman–Crippen LogP) is 0.947. The van der Waals surface area contributed by atoms with Crippen LogP contribution < -0.4 is 0 Å². The van der Waals surface area contributed by atoms with Crippen LogP contribution in [0.5, 0.6) is 0 Å². The van der Waals surface area contributed by atoms with Gasteiger partial charge in [0, 0.05) is 5.56 Å². The molecule has 0 unspecified atom stereocenters. The SMILES string of the molecule is O=C(O)c1cc(-c2ccccc2S(=O)(=O)C2COC2)n[nH]1. The number of carbonyl (C=O) groups is 1. The molecular weight excluding hydrogens is 296 g/mol. The molecule has 21 heavy (non-hydrogen) atoms. The van der Waals surface area contributed by atoms with E-state index in [2.05, 4.69) is 10.2 Å². The highest BCUT2D eigenvalue weighted by atomic mass is 32.2. The van der Waals surface area contributed by atoms with Gasteiger partial charge in [-0.25, -0.2) is 13.2 Å². The van der Waals surface area contributed by atoms with Gasteiger partial charge in [-0.1, -0.05) is 18.2 Å². The van der Waals surface area contributed by atoms with Crippen LogP contribution in [0.2, 0.25) is 0 Å². The van der Waals surface area contributed by atoms with Gasteiger partial charge in [0.15, 0.2) is 9.84 Å². The normalized spacial score (nSPS) is 15.6. The number of rotatable bonds is 4. The molecule has 1 aromatic heterocycles. The van der Waals surface area contributed by atoms with E-state index in [1.54, 1.807) is 18.2 Å². The molecule has 0 amide bonds. The highest BCUT2D eigenvalue weighted by molar-refractivity contribution is 7.92. The number of benzene rings is 1. The summed E-state index contributed by atoms with van der Waals surface area (Å²) in [6, 6.07) is 7.72. The monoisotopic (exact) mass is 308 g/mol. The molecule has 3 rings (SSSR count). The summed E-state index contributed by atoms with van der Waals surface area (Å²) in [7, 11) is -3.52. The third-order valence-corrected chi connectivity index (χ3v) is 5.44. The number of aromatic nitrogens is 2. The second-order valence-electron chi connectivity index (χ2n) is 4.67. The Bertz CT molecular complexity index is 792. The minimum atomic E-state index is -3.52. The van der Waals surface area contributed by atoms with Gasteiger partial charge >= 0.3 is 5.97 Å². The van der Waals surface area contributed by atoms with Gasteiger partial charge in [0.2, 0.25) is 0 Å². The Morgan fingerprint density at radius 2 is 2.05 bits per heavy atom. The smallest absolute Gasteiger partial charge is 0.353 e. The number of aromatic amines is 1. The maximum atomic E-state index is 12.5. The quantitative estimate of drug-likeness (QED) is 0.870. The average molecular weight is 308 g/mol. The highest BCUT2D eigenvalue weighted by Crippen LogP contribution is 2.30. The number of hydrogen-bond donors (Lipinski definition) is 2. The van der Waals surface area contributed by atoms with Crippen molar-refractivity contribution in [3.8, 4) is 11.3 Å². The molecule has 1 saturated heterocycles. The molecule has 7 nitrogen and oxygen atoms in total. The lowest BCUT2D eigenvalue weighted by Gasteiger charge is -2.26. The predicted molar refractivity (Wildman–Crippen MR) is 72.8 cm³/mol. The lowest BCUT2D eigenvalue weighted by molar-refractivity contribution is 0.0416. The first kappa shape index (κ1) is 13.8. The van der Waals surface area contributed by atoms with Gasteiger partial charge in [-0.05, 0) is 12.1 Å². The van der Waals surface area contributed by atoms with Gasteiger partial charge in [0.1, 0.15) is 10.9 Å². The fraction of sp³-hybridized carbons (Fsp3) is 0.231. The van der Waals surface area contributed by atoms with E-state index in [9.17, 15) is 13.2 Å². The van der Waals surface area contributed by atoms with Crippen LogP contribution in [0.3, 0.4) is 0 Å². The molecule has 2 aromatic rings. The van der Waals surface area contributed by atoms with Crippen molar-refractivity contribution in [1.29, 1.82) is 0 Å². The Balaban J connectivity index is 2.09. The second-order valence-corrected chi connectivity index (χ2v) is 6.87. The van der Waals surface area contributed by atoms with Crippen LogP contribution in [0.15, 0.2) is 35.2 Å². The molecule has 8 heteroatoms. The summed E-state index contributed by atoms with van der Waals surface area (Å²) in [5, 5.41) is 14.6. The Hall–Kier alpha value is -2.19. The molecule has 0 spiro atoms. The minimum absolute atomic E-state index is 0.0934. The first-order chi connectivity index (χ1) is 10.00. The van der Waals surface area contributed by atoms with Gasteiger partial charge in [-0.3, -0.25) is 5.10 Å². The Morgan fingerprint density at radius 1 is 1.33 bits per heavy atom. The van der Waals surface area contributed by atoms with Gasteiger partial charge in [0.05, 0.1) is 23.8 Å². The summed E-state index contributed by atoms with van der Waals surface area (Å²) in [4.78, 5) is 11.0. The van der Waals surface area contributed by atoms with Crippen LogP contribution >= 0.6 is 0 Å². The standard InChI is InChI=1S/C13H12N2O5S/c16-13(17)11-5-10(14-15-11)9-3-1-2-4-12(9)21(18,19)8-6-20-7-8/h1-5,8H,6-7H2,(H,14,15)(H,16,17). The third-order valence-electron chi connectivity index (χ3n) is 3.32. The molecule has 1 aromatic carbocycles. The number of carboxylic acids is 1. The zero-order chi connectivity index (χ0) is 15.0. The number of hydrogen-bond acceptors (Lipinski definition) is 5. The fourth-order valence-electron chi connectivity index (χ4n) is 2.07. The molecular formula is C13H12N2O5S. The topological polar surface area (TPSA) is 109 Å². The summed E-state index contributed by atoms with van der Waals surface area (Å²) in [6.45, 7) is 0.356. The molecule has 0 atom stereocenters. The Kier molecular flexibility index (Phi) is 3.26. The van der Waals surface area contributed by atoms with Crippen molar-refractivity contribution >= 4 is 15.8 Å². The molecule has 1 aliphatic rings. The van der Waals surface area contributed by atoms with Crippen LogP contribution in [-0.4, -0.2) is 48.2 Å².